The highest BCUT2D eigenvalue weighted by atomic mass is 35.5. The lowest BCUT2D eigenvalue weighted by Crippen LogP contribution is -2.52. The fourth-order valence-electron chi connectivity index (χ4n) is 4.98. The minimum atomic E-state index is -4.34. The number of β-amino-alcohol motifs (C(OH)–C–C–N with tert-alkyl or cyclic N) is 1. The van der Waals surface area contributed by atoms with Crippen molar-refractivity contribution in [1.29, 1.82) is 0 Å². The standard InChI is InChI=1S/C25H29ClF3NO2.C2H6/c26-21-8-4-19(5-9-21)24(12-2-13-24)23(31)16-30-14-1-3-18(15-30)17-32-22-10-6-20(7-11-22)25(27,28)29;1-2/h4-11,18,23,31H,1-3,12-17H2;1-2H3/t18-,23?;/m0./s1. The van der Waals surface area contributed by atoms with Crippen molar-refractivity contribution < 1.29 is 23.0 Å². The fraction of sp³-hybridized carbons (Fsp3) is 0.556. The monoisotopic (exact) mass is 497 g/mol. The third-order valence-electron chi connectivity index (χ3n) is 7.00. The van der Waals surface area contributed by atoms with Gasteiger partial charge in [0, 0.05) is 29.4 Å². The number of benzene rings is 2. The SMILES string of the molecule is CC.OC(CN1CCC[C@H](COc2ccc(C(F)(F)F)cc2)C1)C1(c2ccc(Cl)cc2)CCC1. The zero-order valence-corrected chi connectivity index (χ0v) is 20.7. The van der Waals surface area contributed by atoms with Gasteiger partial charge in [-0.2, -0.15) is 13.2 Å². The van der Waals surface area contributed by atoms with E-state index >= 15 is 0 Å². The Kier molecular flexibility index (Phi) is 9.30. The Morgan fingerprint density at radius 2 is 1.71 bits per heavy atom. The van der Waals surface area contributed by atoms with Crippen LogP contribution in [0.3, 0.4) is 0 Å². The Hall–Kier alpha value is -1.76. The second-order valence-corrected chi connectivity index (χ2v) is 9.57. The maximum Gasteiger partial charge on any atom is 0.416 e. The molecule has 2 atom stereocenters. The first-order chi connectivity index (χ1) is 16.3. The molecule has 0 amide bonds. The van der Waals surface area contributed by atoms with Crippen LogP contribution in [0.25, 0.3) is 0 Å². The number of rotatable bonds is 7. The smallest absolute Gasteiger partial charge is 0.416 e. The van der Waals surface area contributed by atoms with E-state index < -0.39 is 17.8 Å². The molecular formula is C27H35ClF3NO2. The molecule has 1 saturated heterocycles. The summed E-state index contributed by atoms with van der Waals surface area (Å²) in [6.07, 6.45) is 0.300. The van der Waals surface area contributed by atoms with Gasteiger partial charge in [-0.05, 0) is 74.2 Å². The fourth-order valence-corrected chi connectivity index (χ4v) is 5.11. The van der Waals surface area contributed by atoms with Crippen molar-refractivity contribution in [2.75, 3.05) is 26.2 Å². The molecule has 1 saturated carbocycles. The van der Waals surface area contributed by atoms with Crippen LogP contribution < -0.4 is 4.74 Å². The summed E-state index contributed by atoms with van der Waals surface area (Å²) in [5, 5.41) is 11.9. The molecule has 1 aliphatic carbocycles. The average Bonchev–Trinajstić information content (AvgIpc) is 2.79. The Balaban J connectivity index is 0.00000158. The van der Waals surface area contributed by atoms with Crippen LogP contribution in [0.5, 0.6) is 5.75 Å². The summed E-state index contributed by atoms with van der Waals surface area (Å²) in [4.78, 5) is 2.30. The van der Waals surface area contributed by atoms with Gasteiger partial charge in [-0.1, -0.05) is 44.0 Å². The van der Waals surface area contributed by atoms with Gasteiger partial charge in [-0.15, -0.1) is 0 Å². The summed E-state index contributed by atoms with van der Waals surface area (Å²) in [5.41, 5.74) is 0.280. The number of alkyl halides is 3. The molecule has 0 aromatic heterocycles. The van der Waals surface area contributed by atoms with Gasteiger partial charge in [-0.3, -0.25) is 0 Å². The zero-order chi connectivity index (χ0) is 24.8. The topological polar surface area (TPSA) is 32.7 Å². The van der Waals surface area contributed by atoms with Crippen LogP contribution in [0.15, 0.2) is 48.5 Å². The minimum Gasteiger partial charge on any atom is -0.493 e. The van der Waals surface area contributed by atoms with Crippen molar-refractivity contribution in [3.8, 4) is 5.75 Å². The van der Waals surface area contributed by atoms with Crippen LogP contribution in [0, 0.1) is 5.92 Å². The molecular weight excluding hydrogens is 463 g/mol. The molecule has 7 heteroatoms. The predicted molar refractivity (Wildman–Crippen MR) is 130 cm³/mol. The molecule has 1 aliphatic heterocycles. The number of aliphatic hydroxyl groups is 1. The molecule has 4 rings (SSSR count). The Morgan fingerprint density at radius 1 is 1.06 bits per heavy atom. The quantitative estimate of drug-likeness (QED) is 0.449. The highest BCUT2D eigenvalue weighted by Gasteiger charge is 2.45. The van der Waals surface area contributed by atoms with Gasteiger partial charge in [0.15, 0.2) is 0 Å². The first-order valence-corrected chi connectivity index (χ1v) is 12.6. The van der Waals surface area contributed by atoms with Gasteiger partial charge in [0.25, 0.3) is 0 Å². The number of hydrogen-bond donors (Lipinski definition) is 1. The highest BCUT2D eigenvalue weighted by Crippen LogP contribution is 2.47. The molecule has 2 aromatic carbocycles. The van der Waals surface area contributed by atoms with E-state index in [9.17, 15) is 18.3 Å². The average molecular weight is 498 g/mol. The van der Waals surface area contributed by atoms with Crippen molar-refractivity contribution in [2.45, 2.75) is 63.6 Å². The molecule has 2 aromatic rings. The van der Waals surface area contributed by atoms with Crippen LogP contribution in [0.1, 0.15) is 57.1 Å². The van der Waals surface area contributed by atoms with Crippen LogP contribution in [0.2, 0.25) is 5.02 Å². The minimum absolute atomic E-state index is 0.200. The third-order valence-corrected chi connectivity index (χ3v) is 7.26. The van der Waals surface area contributed by atoms with Crippen LogP contribution in [-0.2, 0) is 11.6 Å². The number of likely N-dealkylation sites (tertiary alicyclic amines) is 1. The normalized spacial score (nSPS) is 21.1. The largest absolute Gasteiger partial charge is 0.493 e. The Morgan fingerprint density at radius 3 is 2.26 bits per heavy atom. The van der Waals surface area contributed by atoms with E-state index in [-0.39, 0.29) is 11.3 Å². The second kappa shape index (κ2) is 11.8. The maximum atomic E-state index is 12.7. The molecule has 34 heavy (non-hydrogen) atoms. The number of nitrogens with zero attached hydrogens (tertiary/aromatic N) is 1. The van der Waals surface area contributed by atoms with E-state index in [2.05, 4.69) is 4.90 Å². The van der Waals surface area contributed by atoms with Crippen LogP contribution in [0.4, 0.5) is 13.2 Å². The van der Waals surface area contributed by atoms with E-state index in [4.69, 9.17) is 16.3 Å². The van der Waals surface area contributed by atoms with Crippen LogP contribution >= 0.6 is 11.6 Å². The van der Waals surface area contributed by atoms with E-state index in [0.29, 0.717) is 23.9 Å². The molecule has 188 valence electrons. The summed E-state index contributed by atoms with van der Waals surface area (Å²) < 4.78 is 43.9. The van der Waals surface area contributed by atoms with E-state index in [1.54, 1.807) is 0 Å². The molecule has 0 radical (unpaired) electrons. The molecule has 1 unspecified atom stereocenters. The molecule has 2 aliphatic rings. The lowest BCUT2D eigenvalue weighted by atomic mass is 9.61. The van der Waals surface area contributed by atoms with E-state index in [1.807, 2.05) is 38.1 Å². The molecule has 2 fully saturated rings. The summed E-state index contributed by atoms with van der Waals surface area (Å²) >= 11 is 6.04. The maximum absolute atomic E-state index is 12.7. The van der Waals surface area contributed by atoms with Crippen molar-refractivity contribution in [3.05, 3.63) is 64.7 Å². The number of piperidine rings is 1. The van der Waals surface area contributed by atoms with Gasteiger partial charge in [0.05, 0.1) is 18.3 Å². The van der Waals surface area contributed by atoms with Crippen molar-refractivity contribution >= 4 is 11.6 Å². The summed E-state index contributed by atoms with van der Waals surface area (Å²) in [6.45, 7) is 6.82. The second-order valence-electron chi connectivity index (χ2n) is 9.13. The molecule has 0 bridgehead atoms. The van der Waals surface area contributed by atoms with E-state index in [1.165, 1.54) is 12.1 Å². The summed E-state index contributed by atoms with van der Waals surface area (Å²) in [7, 11) is 0. The number of halogens is 4. The van der Waals surface area contributed by atoms with Crippen molar-refractivity contribution in [1.82, 2.24) is 4.90 Å². The number of aliphatic hydroxyl groups excluding tert-OH is 1. The van der Waals surface area contributed by atoms with Crippen molar-refractivity contribution in [3.63, 3.8) is 0 Å². The lowest BCUT2D eigenvalue weighted by Gasteiger charge is -2.48. The van der Waals surface area contributed by atoms with Gasteiger partial charge >= 0.3 is 6.18 Å². The first-order valence-electron chi connectivity index (χ1n) is 12.2. The Bertz CT molecular complexity index is 882. The van der Waals surface area contributed by atoms with Crippen molar-refractivity contribution in [2.24, 2.45) is 5.92 Å². The van der Waals surface area contributed by atoms with Gasteiger partial charge in [0.2, 0.25) is 0 Å². The molecule has 3 nitrogen and oxygen atoms in total. The zero-order valence-electron chi connectivity index (χ0n) is 20.0. The third kappa shape index (κ3) is 6.46. The van der Waals surface area contributed by atoms with Gasteiger partial charge < -0.3 is 14.7 Å². The number of ether oxygens (including phenoxy) is 1. The Labute approximate surface area is 205 Å². The lowest BCUT2D eigenvalue weighted by molar-refractivity contribution is -0.137. The highest BCUT2D eigenvalue weighted by molar-refractivity contribution is 6.30. The predicted octanol–water partition coefficient (Wildman–Crippen LogP) is 6.96. The molecule has 1 N–H and O–H groups in total. The summed E-state index contributed by atoms with van der Waals surface area (Å²) in [6, 6.07) is 12.7. The van der Waals surface area contributed by atoms with Crippen LogP contribution in [-0.4, -0.2) is 42.4 Å². The van der Waals surface area contributed by atoms with E-state index in [0.717, 1.165) is 62.9 Å². The number of hydrogen-bond acceptors (Lipinski definition) is 3. The summed E-state index contributed by atoms with van der Waals surface area (Å²) in [5.74, 6) is 0.734. The van der Waals surface area contributed by atoms with Gasteiger partial charge in [-0.25, -0.2) is 0 Å². The molecule has 0 spiro atoms. The first kappa shape index (κ1) is 26.8. The molecule has 1 heterocycles. The van der Waals surface area contributed by atoms with Gasteiger partial charge in [0.1, 0.15) is 5.75 Å².